The first kappa shape index (κ1) is 19.4. The van der Waals surface area contributed by atoms with Crippen molar-refractivity contribution >= 4 is 11.9 Å². The van der Waals surface area contributed by atoms with Gasteiger partial charge in [-0.05, 0) is 31.2 Å². The van der Waals surface area contributed by atoms with Crippen molar-refractivity contribution in [2.75, 3.05) is 6.54 Å². The van der Waals surface area contributed by atoms with Gasteiger partial charge >= 0.3 is 12.1 Å². The Morgan fingerprint density at radius 2 is 1.81 bits per heavy atom. The zero-order chi connectivity index (χ0) is 19.7. The average Bonchev–Trinajstić information content (AvgIpc) is 2.98. The fraction of sp³-hybridized carbons (Fsp3) is 0.267. The monoisotopic (exact) mass is 375 g/mol. The number of nitrogens with one attached hydrogen (secondary N) is 1. The van der Waals surface area contributed by atoms with Crippen LogP contribution in [0.4, 0.5) is 17.6 Å². The van der Waals surface area contributed by atoms with E-state index < -0.39 is 47.3 Å². The molecule has 0 aliphatic heterocycles. The molecule has 7 nitrogen and oxygen atoms in total. The third kappa shape index (κ3) is 3.99. The molecule has 0 radical (unpaired) electrons. The lowest BCUT2D eigenvalue weighted by molar-refractivity contribution is -0.155. The van der Waals surface area contributed by atoms with Gasteiger partial charge in [0.1, 0.15) is 5.82 Å². The second-order valence-corrected chi connectivity index (χ2v) is 5.55. The Labute approximate surface area is 143 Å². The molecule has 1 aromatic carbocycles. The first-order valence-corrected chi connectivity index (χ1v) is 7.08. The van der Waals surface area contributed by atoms with E-state index in [9.17, 15) is 32.3 Å². The molecule has 11 heteroatoms. The lowest BCUT2D eigenvalue weighted by Gasteiger charge is -2.18. The zero-order valence-corrected chi connectivity index (χ0v) is 13.2. The summed E-state index contributed by atoms with van der Waals surface area (Å²) in [6.45, 7) is 0.0579. The van der Waals surface area contributed by atoms with Crippen LogP contribution >= 0.6 is 0 Å². The number of benzene rings is 1. The number of carbonyl (C=O) groups excluding carboxylic acids is 1. The Bertz CT molecular complexity index is 828. The molecule has 140 valence electrons. The summed E-state index contributed by atoms with van der Waals surface area (Å²) >= 11 is 0. The zero-order valence-electron chi connectivity index (χ0n) is 13.2. The predicted molar refractivity (Wildman–Crippen MR) is 79.1 cm³/mol. The van der Waals surface area contributed by atoms with Crippen LogP contribution in [0.2, 0.25) is 0 Å². The highest BCUT2D eigenvalue weighted by Gasteiger charge is 2.41. The number of hydrogen-bond acceptors (Lipinski definition) is 4. The van der Waals surface area contributed by atoms with Crippen LogP contribution in [0, 0.1) is 5.82 Å². The van der Waals surface area contributed by atoms with Gasteiger partial charge in [0, 0.05) is 0 Å². The van der Waals surface area contributed by atoms with E-state index in [1.54, 1.807) is 0 Å². The lowest BCUT2D eigenvalue weighted by atomic mass is 10.1. The Balaban J connectivity index is 2.39. The Hall–Kier alpha value is -2.95. The van der Waals surface area contributed by atoms with E-state index in [0.29, 0.717) is 10.9 Å². The van der Waals surface area contributed by atoms with Gasteiger partial charge in [-0.25, -0.2) is 13.9 Å². The molecule has 0 aliphatic carbocycles. The lowest BCUT2D eigenvalue weighted by Crippen LogP contribution is -2.46. The van der Waals surface area contributed by atoms with Crippen LogP contribution in [0.5, 0.6) is 0 Å². The molecule has 1 amide bonds. The van der Waals surface area contributed by atoms with Crippen LogP contribution in [0.3, 0.4) is 0 Å². The maximum atomic E-state index is 13.4. The van der Waals surface area contributed by atoms with Crippen molar-refractivity contribution < 1.29 is 37.4 Å². The number of aliphatic hydroxyl groups is 1. The number of hydrogen-bond donors (Lipinski definition) is 3. The number of aliphatic carboxylic acids is 1. The van der Waals surface area contributed by atoms with Crippen molar-refractivity contribution in [1.82, 2.24) is 15.1 Å². The third-order valence-corrected chi connectivity index (χ3v) is 3.41. The second kappa shape index (κ2) is 6.75. The van der Waals surface area contributed by atoms with Crippen LogP contribution < -0.4 is 5.32 Å². The van der Waals surface area contributed by atoms with E-state index in [1.165, 1.54) is 0 Å². The summed E-state index contributed by atoms with van der Waals surface area (Å²) in [6, 6.07) is 3.96. The van der Waals surface area contributed by atoms with Gasteiger partial charge in [-0.2, -0.15) is 18.3 Å². The molecule has 1 unspecified atom stereocenters. The van der Waals surface area contributed by atoms with Crippen molar-refractivity contribution in [3.63, 3.8) is 0 Å². The Morgan fingerprint density at radius 3 is 2.31 bits per heavy atom. The van der Waals surface area contributed by atoms with Gasteiger partial charge in [-0.3, -0.25) is 4.79 Å². The van der Waals surface area contributed by atoms with E-state index in [1.807, 2.05) is 5.32 Å². The first-order valence-electron chi connectivity index (χ1n) is 7.08. The number of nitrogens with zero attached hydrogens (tertiary/aromatic N) is 2. The summed E-state index contributed by atoms with van der Waals surface area (Å²) in [5.41, 5.74) is -4.78. The van der Waals surface area contributed by atoms with Gasteiger partial charge in [0.15, 0.2) is 11.3 Å². The number of halogens is 4. The van der Waals surface area contributed by atoms with Gasteiger partial charge in [-0.15, -0.1) is 0 Å². The van der Waals surface area contributed by atoms with Gasteiger partial charge < -0.3 is 15.5 Å². The summed E-state index contributed by atoms with van der Waals surface area (Å²) in [5.74, 6) is -3.59. The quantitative estimate of drug-likeness (QED) is 0.689. The Kier molecular flexibility index (Phi) is 5.03. The Morgan fingerprint density at radius 1 is 1.23 bits per heavy atom. The van der Waals surface area contributed by atoms with Gasteiger partial charge in [-0.1, -0.05) is 0 Å². The van der Waals surface area contributed by atoms with Crippen molar-refractivity contribution in [2.24, 2.45) is 0 Å². The number of carboxylic acids is 1. The van der Waals surface area contributed by atoms with Crippen molar-refractivity contribution in [1.29, 1.82) is 0 Å². The van der Waals surface area contributed by atoms with Crippen LogP contribution in [0.25, 0.3) is 5.69 Å². The van der Waals surface area contributed by atoms with Crippen molar-refractivity contribution in [3.05, 3.63) is 47.5 Å². The minimum absolute atomic E-state index is 0.129. The van der Waals surface area contributed by atoms with Crippen LogP contribution in [-0.2, 0) is 11.0 Å². The van der Waals surface area contributed by atoms with E-state index in [4.69, 9.17) is 5.11 Å². The SMILES string of the molecule is CC(O)(CNC(=O)c1cnn(-c2ccc(F)cc2)c1C(F)(F)F)C(=O)O. The highest BCUT2D eigenvalue weighted by molar-refractivity contribution is 5.96. The molecule has 0 saturated carbocycles. The normalized spacial score (nSPS) is 13.9. The molecule has 0 spiro atoms. The molecule has 1 heterocycles. The molecule has 2 aromatic rings. The largest absolute Gasteiger partial charge is 0.479 e. The van der Waals surface area contributed by atoms with Crippen LogP contribution in [0.15, 0.2) is 30.5 Å². The number of alkyl halides is 3. The molecular formula is C15H13F4N3O4. The average molecular weight is 375 g/mol. The summed E-state index contributed by atoms with van der Waals surface area (Å²) < 4.78 is 53.6. The van der Waals surface area contributed by atoms with E-state index in [2.05, 4.69) is 5.10 Å². The van der Waals surface area contributed by atoms with E-state index >= 15 is 0 Å². The second-order valence-electron chi connectivity index (χ2n) is 5.55. The number of aromatic nitrogens is 2. The number of amides is 1. The van der Waals surface area contributed by atoms with Crippen LogP contribution in [0.1, 0.15) is 23.0 Å². The number of carbonyl (C=O) groups is 2. The molecule has 0 fully saturated rings. The molecule has 3 N–H and O–H groups in total. The maximum Gasteiger partial charge on any atom is 0.434 e. The molecule has 26 heavy (non-hydrogen) atoms. The molecule has 2 rings (SSSR count). The summed E-state index contributed by atoms with van der Waals surface area (Å²) in [4.78, 5) is 22.8. The molecule has 0 saturated heterocycles. The van der Waals surface area contributed by atoms with Gasteiger partial charge in [0.05, 0.1) is 24.0 Å². The molecular weight excluding hydrogens is 362 g/mol. The minimum atomic E-state index is -4.98. The fourth-order valence-corrected chi connectivity index (χ4v) is 1.99. The molecule has 1 aromatic heterocycles. The van der Waals surface area contributed by atoms with Gasteiger partial charge in [0.25, 0.3) is 5.91 Å². The predicted octanol–water partition coefficient (Wildman–Crippen LogP) is 1.60. The number of carboxylic acid groups (broad SMARTS) is 1. The third-order valence-electron chi connectivity index (χ3n) is 3.41. The maximum absolute atomic E-state index is 13.4. The van der Waals surface area contributed by atoms with Crippen molar-refractivity contribution in [2.45, 2.75) is 18.7 Å². The summed E-state index contributed by atoms with van der Waals surface area (Å²) in [6.07, 6.45) is -4.33. The van der Waals surface area contributed by atoms with Crippen molar-refractivity contribution in [3.8, 4) is 5.69 Å². The van der Waals surface area contributed by atoms with Gasteiger partial charge in [0.2, 0.25) is 0 Å². The number of rotatable bonds is 5. The molecule has 1 atom stereocenters. The standard InChI is InChI=1S/C15H13F4N3O4/c1-14(26,13(24)25)7-20-12(23)10-6-21-22(11(10)15(17,18)19)9-4-2-8(16)3-5-9/h2-6,26H,7H2,1H3,(H,20,23)(H,24,25). The first-order chi connectivity index (χ1) is 11.9. The highest BCUT2D eigenvalue weighted by Crippen LogP contribution is 2.33. The van der Waals surface area contributed by atoms with E-state index in [-0.39, 0.29) is 5.69 Å². The topological polar surface area (TPSA) is 104 Å². The van der Waals surface area contributed by atoms with E-state index in [0.717, 1.165) is 31.2 Å². The minimum Gasteiger partial charge on any atom is -0.479 e. The highest BCUT2D eigenvalue weighted by atomic mass is 19.4. The smallest absolute Gasteiger partial charge is 0.434 e. The molecule has 0 aliphatic rings. The fourth-order valence-electron chi connectivity index (χ4n) is 1.99. The summed E-state index contributed by atoms with van der Waals surface area (Å²) in [5, 5.41) is 23.7. The van der Waals surface area contributed by atoms with Crippen LogP contribution in [-0.4, -0.2) is 44.0 Å². The molecule has 0 bridgehead atoms. The summed E-state index contributed by atoms with van der Waals surface area (Å²) in [7, 11) is 0.